The highest BCUT2D eigenvalue weighted by Crippen LogP contribution is 2.34. The predicted molar refractivity (Wildman–Crippen MR) is 126 cm³/mol. The topological polar surface area (TPSA) is 99.7 Å². The largest absolute Gasteiger partial charge is 0.355 e. The van der Waals surface area contributed by atoms with Crippen LogP contribution in [0.15, 0.2) is 29.4 Å². The molecule has 0 saturated carbocycles. The number of hydrogen-bond acceptors (Lipinski definition) is 7. The maximum absolute atomic E-state index is 12.4. The molecule has 2 aromatic rings. The molecule has 1 fully saturated rings. The highest BCUT2D eigenvalue weighted by atomic mass is 16.1. The number of aliphatic imine (C=N–C) groups is 1. The molecule has 3 N–H and O–H groups in total. The van der Waals surface area contributed by atoms with Crippen molar-refractivity contribution in [3.8, 4) is 0 Å². The van der Waals surface area contributed by atoms with Crippen LogP contribution < -0.4 is 20.9 Å². The van der Waals surface area contributed by atoms with Crippen molar-refractivity contribution in [1.29, 1.82) is 0 Å². The Morgan fingerprint density at radius 2 is 2.06 bits per heavy atom. The Morgan fingerprint density at radius 3 is 2.81 bits per heavy atom. The highest BCUT2D eigenvalue weighted by Gasteiger charge is 2.32. The lowest BCUT2D eigenvalue weighted by atomic mass is 9.80. The number of benzene rings is 1. The predicted octanol–water partition coefficient (Wildman–Crippen LogP) is 2.11. The zero-order valence-electron chi connectivity index (χ0n) is 18.9. The zero-order valence-corrected chi connectivity index (χ0v) is 18.9. The van der Waals surface area contributed by atoms with Gasteiger partial charge >= 0.3 is 0 Å². The Morgan fingerprint density at radius 1 is 1.25 bits per heavy atom. The number of carbonyl (C=O) groups excluding carboxylic acids is 1. The van der Waals surface area contributed by atoms with E-state index in [1.165, 1.54) is 0 Å². The van der Waals surface area contributed by atoms with E-state index in [2.05, 4.69) is 28.1 Å². The molecule has 1 aromatic carbocycles. The fourth-order valence-corrected chi connectivity index (χ4v) is 4.98. The number of rotatable bonds is 3. The van der Waals surface area contributed by atoms with Crippen molar-refractivity contribution in [2.45, 2.75) is 39.2 Å². The number of piperidine rings is 1. The molecule has 168 valence electrons. The van der Waals surface area contributed by atoms with Crippen molar-refractivity contribution in [2.75, 3.05) is 43.0 Å². The third-order valence-electron chi connectivity index (χ3n) is 7.19. The lowest BCUT2D eigenvalue weighted by Gasteiger charge is -2.39. The summed E-state index contributed by atoms with van der Waals surface area (Å²) in [6.45, 7) is 6.31. The van der Waals surface area contributed by atoms with Gasteiger partial charge in [0.25, 0.3) is 5.91 Å². The number of nitrogens with zero attached hydrogens (tertiary/aromatic N) is 5. The fraction of sp³-hybridized carbons (Fsp3) is 0.500. The SMILES string of the molecule is CNC(=O)c1cccc2c1CCCN2C1=NCc2nc(N3CCC(C)(CN)CC3)cnc21. The number of amides is 1. The standard InChI is InChI=1S/C24H31N7O/c1-24(15-25)8-11-30(12-9-24)20-14-27-21-18(29-20)13-28-22(21)31-10-4-6-16-17(23(32)26-2)5-3-7-19(16)31/h3,5,7,14H,4,6,8-13,15,25H2,1-2H3,(H,26,32). The molecule has 0 unspecified atom stereocenters. The van der Waals surface area contributed by atoms with Gasteiger partial charge in [0.1, 0.15) is 11.5 Å². The van der Waals surface area contributed by atoms with E-state index in [0.29, 0.717) is 6.54 Å². The third kappa shape index (κ3) is 3.52. The minimum atomic E-state index is -0.0471. The summed E-state index contributed by atoms with van der Waals surface area (Å²) in [5, 5.41) is 2.76. The van der Waals surface area contributed by atoms with Crippen LogP contribution in [0.5, 0.6) is 0 Å². The van der Waals surface area contributed by atoms with Crippen LogP contribution in [0.25, 0.3) is 0 Å². The van der Waals surface area contributed by atoms with Crippen molar-refractivity contribution in [2.24, 2.45) is 16.1 Å². The Labute approximate surface area is 188 Å². The van der Waals surface area contributed by atoms with Crippen LogP contribution in [0.3, 0.4) is 0 Å². The maximum atomic E-state index is 12.4. The first kappa shape index (κ1) is 20.9. The van der Waals surface area contributed by atoms with Gasteiger partial charge < -0.3 is 20.9 Å². The summed E-state index contributed by atoms with van der Waals surface area (Å²) < 4.78 is 0. The van der Waals surface area contributed by atoms with E-state index < -0.39 is 0 Å². The molecule has 32 heavy (non-hydrogen) atoms. The van der Waals surface area contributed by atoms with Gasteiger partial charge in [0.2, 0.25) is 0 Å². The van der Waals surface area contributed by atoms with Gasteiger partial charge in [-0.1, -0.05) is 13.0 Å². The summed E-state index contributed by atoms with van der Waals surface area (Å²) in [4.78, 5) is 31.5. The Hall–Kier alpha value is -3.00. The number of amidine groups is 1. The van der Waals surface area contributed by atoms with Gasteiger partial charge in [0.15, 0.2) is 5.84 Å². The summed E-state index contributed by atoms with van der Waals surface area (Å²) in [6.07, 6.45) is 5.88. The Balaban J connectivity index is 1.40. The van der Waals surface area contributed by atoms with E-state index in [4.69, 9.17) is 20.7 Å². The molecule has 0 spiro atoms. The number of anilines is 2. The smallest absolute Gasteiger partial charge is 0.251 e. The molecular weight excluding hydrogens is 402 g/mol. The number of nitrogens with two attached hydrogens (primary N) is 1. The monoisotopic (exact) mass is 433 g/mol. The molecule has 0 bridgehead atoms. The lowest BCUT2D eigenvalue weighted by Crippen LogP contribution is -2.42. The molecule has 8 heteroatoms. The number of aromatic nitrogens is 2. The zero-order chi connectivity index (χ0) is 22.3. The van der Waals surface area contributed by atoms with E-state index in [0.717, 1.165) is 91.7 Å². The number of hydrogen-bond donors (Lipinski definition) is 2. The van der Waals surface area contributed by atoms with Crippen LogP contribution >= 0.6 is 0 Å². The number of nitrogens with one attached hydrogen (secondary N) is 1. The van der Waals surface area contributed by atoms with Gasteiger partial charge in [0, 0.05) is 37.9 Å². The average Bonchev–Trinajstić information content (AvgIpc) is 3.26. The van der Waals surface area contributed by atoms with Gasteiger partial charge in [-0.05, 0) is 55.3 Å². The van der Waals surface area contributed by atoms with Crippen molar-refractivity contribution in [3.63, 3.8) is 0 Å². The van der Waals surface area contributed by atoms with Gasteiger partial charge in [0.05, 0.1) is 18.4 Å². The maximum Gasteiger partial charge on any atom is 0.251 e. The van der Waals surface area contributed by atoms with Crippen LogP contribution in [0.2, 0.25) is 0 Å². The van der Waals surface area contributed by atoms with Gasteiger partial charge in [-0.15, -0.1) is 0 Å². The average molecular weight is 434 g/mol. The molecule has 3 aliphatic heterocycles. The molecule has 4 heterocycles. The van der Waals surface area contributed by atoms with Gasteiger partial charge in [-0.25, -0.2) is 9.97 Å². The Bertz CT molecular complexity index is 1070. The molecule has 3 aliphatic rings. The highest BCUT2D eigenvalue weighted by molar-refractivity contribution is 6.12. The van der Waals surface area contributed by atoms with E-state index in [-0.39, 0.29) is 11.3 Å². The van der Waals surface area contributed by atoms with Crippen LogP contribution in [0, 0.1) is 5.41 Å². The molecular formula is C24H31N7O. The molecule has 1 saturated heterocycles. The quantitative estimate of drug-likeness (QED) is 0.769. The Kier molecular flexibility index (Phi) is 5.33. The summed E-state index contributed by atoms with van der Waals surface area (Å²) in [7, 11) is 1.67. The molecule has 1 amide bonds. The normalized spacial score (nSPS) is 19.3. The van der Waals surface area contributed by atoms with Crippen LogP contribution in [0.4, 0.5) is 11.5 Å². The van der Waals surface area contributed by atoms with Crippen molar-refractivity contribution in [1.82, 2.24) is 15.3 Å². The first-order valence-corrected chi connectivity index (χ1v) is 11.5. The summed E-state index contributed by atoms with van der Waals surface area (Å²) in [5.41, 5.74) is 10.8. The van der Waals surface area contributed by atoms with Crippen molar-refractivity contribution in [3.05, 3.63) is 46.9 Å². The molecule has 1 aromatic heterocycles. The molecule has 0 aliphatic carbocycles. The lowest BCUT2D eigenvalue weighted by molar-refractivity contribution is 0.0962. The van der Waals surface area contributed by atoms with Crippen LogP contribution in [-0.4, -0.2) is 54.9 Å². The summed E-state index contributed by atoms with van der Waals surface area (Å²) >= 11 is 0. The molecule has 0 atom stereocenters. The minimum Gasteiger partial charge on any atom is -0.355 e. The first-order chi connectivity index (χ1) is 15.5. The van der Waals surface area contributed by atoms with Crippen molar-refractivity contribution < 1.29 is 4.79 Å². The minimum absolute atomic E-state index is 0.0471. The van der Waals surface area contributed by atoms with E-state index in [1.54, 1.807) is 7.05 Å². The number of carbonyl (C=O) groups is 1. The second-order valence-electron chi connectivity index (χ2n) is 9.30. The van der Waals surface area contributed by atoms with E-state index in [1.807, 2.05) is 18.3 Å². The second-order valence-corrected chi connectivity index (χ2v) is 9.30. The molecule has 5 rings (SSSR count). The first-order valence-electron chi connectivity index (χ1n) is 11.5. The molecule has 8 nitrogen and oxygen atoms in total. The molecule has 0 radical (unpaired) electrons. The summed E-state index contributed by atoms with van der Waals surface area (Å²) in [5.74, 6) is 1.75. The van der Waals surface area contributed by atoms with Crippen molar-refractivity contribution >= 4 is 23.2 Å². The van der Waals surface area contributed by atoms with E-state index in [9.17, 15) is 4.79 Å². The van der Waals surface area contributed by atoms with E-state index >= 15 is 0 Å². The second kappa shape index (κ2) is 8.16. The van der Waals surface area contributed by atoms with Gasteiger partial charge in [-0.2, -0.15) is 0 Å². The third-order valence-corrected chi connectivity index (χ3v) is 7.19. The number of fused-ring (bicyclic) bond motifs is 2. The van der Waals surface area contributed by atoms with Gasteiger partial charge in [-0.3, -0.25) is 9.79 Å². The van der Waals surface area contributed by atoms with Crippen LogP contribution in [-0.2, 0) is 13.0 Å². The van der Waals surface area contributed by atoms with Crippen LogP contribution in [0.1, 0.15) is 53.5 Å². The fourth-order valence-electron chi connectivity index (χ4n) is 4.98. The summed E-state index contributed by atoms with van der Waals surface area (Å²) in [6, 6.07) is 5.91.